The van der Waals surface area contributed by atoms with E-state index in [1.165, 1.54) is 12.3 Å². The predicted molar refractivity (Wildman–Crippen MR) is 116 cm³/mol. The molecule has 1 heterocycles. The van der Waals surface area contributed by atoms with Crippen LogP contribution in [0, 0.1) is 32.4 Å². The lowest BCUT2D eigenvalue weighted by Gasteiger charge is -2.15. The number of hydrogen-bond acceptors (Lipinski definition) is 6. The fraction of sp³-hybridized carbons (Fsp3) is 0.208. The topological polar surface area (TPSA) is 81.0 Å². The Morgan fingerprint density at radius 1 is 1.09 bits per heavy atom. The average molecular weight is 440 g/mol. The van der Waals surface area contributed by atoms with Crippen LogP contribution in [0.3, 0.4) is 0 Å². The number of halogens is 2. The maximum atomic E-state index is 14.9. The summed E-state index contributed by atoms with van der Waals surface area (Å²) in [7, 11) is 0. The van der Waals surface area contributed by atoms with Crippen LogP contribution in [0.15, 0.2) is 41.6 Å². The average Bonchev–Trinajstić information content (AvgIpc) is 2.77. The number of aromatic nitrogens is 1. The molecule has 0 fully saturated rings. The molecule has 0 bridgehead atoms. The lowest BCUT2D eigenvalue weighted by atomic mass is 9.96. The van der Waals surface area contributed by atoms with Crippen molar-refractivity contribution in [1.29, 1.82) is 0 Å². The summed E-state index contributed by atoms with van der Waals surface area (Å²) in [6.07, 6.45) is 1.48. The minimum absolute atomic E-state index is 0.0440. The first-order valence-electron chi connectivity index (χ1n) is 9.80. The van der Waals surface area contributed by atoms with Crippen molar-refractivity contribution in [2.75, 3.05) is 6.61 Å². The van der Waals surface area contributed by atoms with E-state index in [-0.39, 0.29) is 42.3 Å². The number of ether oxygens (including phenoxy) is 1. The van der Waals surface area contributed by atoms with Crippen molar-refractivity contribution in [1.82, 2.24) is 4.98 Å². The predicted octanol–water partition coefficient (Wildman–Crippen LogP) is 4.79. The highest BCUT2D eigenvalue weighted by molar-refractivity contribution is 5.67. The molecule has 3 rings (SSSR count). The third kappa shape index (κ3) is 4.91. The van der Waals surface area contributed by atoms with Crippen LogP contribution in [-0.4, -0.2) is 29.4 Å². The van der Waals surface area contributed by atoms with Crippen LogP contribution in [0.1, 0.15) is 27.9 Å². The van der Waals surface area contributed by atoms with E-state index in [1.807, 2.05) is 6.92 Å². The second-order valence-corrected chi connectivity index (χ2v) is 7.19. The van der Waals surface area contributed by atoms with Gasteiger partial charge in [-0.2, -0.15) is 0 Å². The SMILES string of the molecule is Cc1cccc(-c2nc(Cc3c(C)cc(OCC=NOC=O)c(F)c3C)ccc2O)c1F. The van der Waals surface area contributed by atoms with Gasteiger partial charge in [-0.25, -0.2) is 13.8 Å². The van der Waals surface area contributed by atoms with Crippen LogP contribution >= 0.6 is 0 Å². The summed E-state index contributed by atoms with van der Waals surface area (Å²) < 4.78 is 34.8. The zero-order valence-electron chi connectivity index (χ0n) is 17.9. The molecule has 8 heteroatoms. The van der Waals surface area contributed by atoms with Crippen molar-refractivity contribution in [3.05, 3.63) is 76.0 Å². The summed E-state index contributed by atoms with van der Waals surface area (Å²) in [6.45, 7) is 5.18. The Labute approximate surface area is 184 Å². The van der Waals surface area contributed by atoms with E-state index in [0.29, 0.717) is 22.4 Å². The Balaban J connectivity index is 1.90. The van der Waals surface area contributed by atoms with E-state index in [9.17, 15) is 18.7 Å². The molecule has 0 amide bonds. The van der Waals surface area contributed by atoms with Crippen LogP contribution in [0.5, 0.6) is 11.5 Å². The number of oxime groups is 1. The van der Waals surface area contributed by atoms with Gasteiger partial charge in [-0.3, -0.25) is 4.79 Å². The molecule has 0 radical (unpaired) electrons. The number of aromatic hydroxyl groups is 1. The number of aryl methyl sites for hydroxylation is 2. The first-order valence-corrected chi connectivity index (χ1v) is 9.80. The van der Waals surface area contributed by atoms with Gasteiger partial charge in [0.1, 0.15) is 23.9 Å². The largest absolute Gasteiger partial charge is 0.506 e. The fourth-order valence-electron chi connectivity index (χ4n) is 3.36. The van der Waals surface area contributed by atoms with Gasteiger partial charge in [0.05, 0.1) is 6.21 Å². The third-order valence-electron chi connectivity index (χ3n) is 5.05. The Hall–Kier alpha value is -3.81. The summed E-state index contributed by atoms with van der Waals surface area (Å²) in [5.41, 5.74) is 3.21. The van der Waals surface area contributed by atoms with Gasteiger partial charge in [-0.05, 0) is 67.3 Å². The van der Waals surface area contributed by atoms with E-state index >= 15 is 0 Å². The first-order chi connectivity index (χ1) is 15.3. The van der Waals surface area contributed by atoms with Gasteiger partial charge in [0, 0.05) is 17.7 Å². The van der Waals surface area contributed by atoms with Crippen LogP contribution in [-0.2, 0) is 16.1 Å². The van der Waals surface area contributed by atoms with Crippen molar-refractivity contribution in [3.8, 4) is 22.8 Å². The third-order valence-corrected chi connectivity index (χ3v) is 5.05. The lowest BCUT2D eigenvalue weighted by Crippen LogP contribution is -2.06. The van der Waals surface area contributed by atoms with E-state index in [4.69, 9.17) is 4.74 Å². The Morgan fingerprint density at radius 2 is 1.88 bits per heavy atom. The van der Waals surface area contributed by atoms with Crippen molar-refractivity contribution >= 4 is 12.7 Å². The maximum Gasteiger partial charge on any atom is 0.323 e. The van der Waals surface area contributed by atoms with Crippen molar-refractivity contribution in [3.63, 3.8) is 0 Å². The van der Waals surface area contributed by atoms with Gasteiger partial charge in [0.25, 0.3) is 0 Å². The van der Waals surface area contributed by atoms with Crippen LogP contribution < -0.4 is 4.74 Å². The molecule has 0 aliphatic rings. The minimum Gasteiger partial charge on any atom is -0.506 e. The summed E-state index contributed by atoms with van der Waals surface area (Å²) in [5, 5.41) is 13.6. The molecule has 0 saturated heterocycles. The lowest BCUT2D eigenvalue weighted by molar-refractivity contribution is -0.128. The number of nitrogens with zero attached hydrogens (tertiary/aromatic N) is 2. The number of carbonyl (C=O) groups is 1. The molecular formula is C24H22F2N2O4. The van der Waals surface area contributed by atoms with Crippen LogP contribution in [0.25, 0.3) is 11.3 Å². The van der Waals surface area contributed by atoms with E-state index < -0.39 is 11.6 Å². The normalized spacial score (nSPS) is 11.0. The molecule has 0 aliphatic heterocycles. The monoisotopic (exact) mass is 440 g/mol. The van der Waals surface area contributed by atoms with Gasteiger partial charge in [0.15, 0.2) is 11.6 Å². The van der Waals surface area contributed by atoms with E-state index in [2.05, 4.69) is 15.0 Å². The zero-order chi connectivity index (χ0) is 23.3. The fourth-order valence-corrected chi connectivity index (χ4v) is 3.36. The van der Waals surface area contributed by atoms with Gasteiger partial charge in [-0.15, -0.1) is 0 Å². The quantitative estimate of drug-likeness (QED) is 0.236. The Morgan fingerprint density at radius 3 is 2.62 bits per heavy atom. The first kappa shape index (κ1) is 22.9. The smallest absolute Gasteiger partial charge is 0.323 e. The van der Waals surface area contributed by atoms with E-state index in [1.54, 1.807) is 44.2 Å². The highest BCUT2D eigenvalue weighted by Crippen LogP contribution is 2.32. The standard InChI is InChI=1S/C24H22F2N2O4/c1-14-5-4-6-18(22(14)25)24-20(30)8-7-17(28-24)12-19-15(2)11-21(23(26)16(19)3)31-10-9-27-32-13-29/h4-9,11,13,30H,10,12H2,1-3H3. The molecule has 3 aromatic rings. The number of benzene rings is 2. The molecule has 0 saturated carbocycles. The maximum absolute atomic E-state index is 14.9. The molecular weight excluding hydrogens is 418 g/mol. The van der Waals surface area contributed by atoms with Gasteiger partial charge < -0.3 is 14.7 Å². The molecule has 6 nitrogen and oxygen atoms in total. The van der Waals surface area contributed by atoms with Crippen molar-refractivity contribution in [2.24, 2.45) is 5.16 Å². The molecule has 0 spiro atoms. The van der Waals surface area contributed by atoms with E-state index in [0.717, 1.165) is 5.56 Å². The minimum atomic E-state index is -0.529. The molecule has 2 aromatic carbocycles. The second kappa shape index (κ2) is 10.00. The zero-order valence-corrected chi connectivity index (χ0v) is 17.9. The van der Waals surface area contributed by atoms with Crippen molar-refractivity contribution in [2.45, 2.75) is 27.2 Å². The van der Waals surface area contributed by atoms with Gasteiger partial charge in [0.2, 0.25) is 0 Å². The van der Waals surface area contributed by atoms with Crippen LogP contribution in [0.2, 0.25) is 0 Å². The Bertz CT molecular complexity index is 1180. The molecule has 1 N–H and O–H groups in total. The second-order valence-electron chi connectivity index (χ2n) is 7.19. The highest BCUT2D eigenvalue weighted by Gasteiger charge is 2.17. The molecule has 1 aromatic heterocycles. The number of hydrogen-bond donors (Lipinski definition) is 1. The summed E-state index contributed by atoms with van der Waals surface area (Å²) in [6, 6.07) is 9.53. The number of rotatable bonds is 8. The summed E-state index contributed by atoms with van der Waals surface area (Å²) >= 11 is 0. The van der Waals surface area contributed by atoms with Gasteiger partial charge >= 0.3 is 6.47 Å². The highest BCUT2D eigenvalue weighted by atomic mass is 19.1. The molecule has 0 atom stereocenters. The summed E-state index contributed by atoms with van der Waals surface area (Å²) in [5.74, 6) is -1.07. The molecule has 32 heavy (non-hydrogen) atoms. The van der Waals surface area contributed by atoms with Crippen LogP contribution in [0.4, 0.5) is 8.78 Å². The number of carbonyl (C=O) groups excluding carboxylic acids is 1. The van der Waals surface area contributed by atoms with Crippen molar-refractivity contribution < 1.29 is 28.3 Å². The molecule has 0 unspecified atom stereocenters. The molecule has 166 valence electrons. The Kier molecular flexibility index (Phi) is 7.14. The number of pyridine rings is 1. The summed E-state index contributed by atoms with van der Waals surface area (Å²) in [4.78, 5) is 18.7. The molecule has 0 aliphatic carbocycles. The van der Waals surface area contributed by atoms with Gasteiger partial charge in [-0.1, -0.05) is 17.3 Å².